The van der Waals surface area contributed by atoms with Crippen molar-refractivity contribution >= 4 is 59.4 Å². The van der Waals surface area contributed by atoms with E-state index in [9.17, 15) is 26.2 Å². The lowest BCUT2D eigenvalue weighted by molar-refractivity contribution is -0.137. The van der Waals surface area contributed by atoms with Gasteiger partial charge in [-0.1, -0.05) is 6.07 Å². The van der Waals surface area contributed by atoms with E-state index >= 15 is 0 Å². The maximum Gasteiger partial charge on any atom is 0.363 e. The first-order chi connectivity index (χ1) is 20.8. The highest BCUT2D eigenvalue weighted by Gasteiger charge is 2.28. The molecule has 0 bridgehead atoms. The van der Waals surface area contributed by atoms with Crippen molar-refractivity contribution in [2.24, 2.45) is 0 Å². The average molecular weight is 645 g/mol. The summed E-state index contributed by atoms with van der Waals surface area (Å²) in [6.45, 7) is 11.1. The van der Waals surface area contributed by atoms with Crippen LogP contribution in [0.3, 0.4) is 0 Å². The number of sulfonamides is 1. The summed E-state index contributed by atoms with van der Waals surface area (Å²) in [7, 11) is -9.13. The quantitative estimate of drug-likeness (QED) is 0.0682. The Kier molecular flexibility index (Phi) is 10.1. The Morgan fingerprint density at radius 1 is 0.795 bits per heavy atom. The molecule has 4 aromatic rings. The van der Waals surface area contributed by atoms with E-state index in [0.29, 0.717) is 27.5 Å². The molecule has 44 heavy (non-hydrogen) atoms. The molecule has 13 heteroatoms. The van der Waals surface area contributed by atoms with Crippen molar-refractivity contribution in [3.05, 3.63) is 54.6 Å². The molecule has 0 saturated heterocycles. The van der Waals surface area contributed by atoms with Crippen molar-refractivity contribution in [3.63, 3.8) is 0 Å². The number of fused-ring (bicyclic) bond motifs is 2. The zero-order chi connectivity index (χ0) is 32.2. The zero-order valence-electron chi connectivity index (χ0n) is 25.2. The number of hydrogen-bond donors (Lipinski definition) is 3. The Morgan fingerprint density at radius 2 is 1.32 bits per heavy atom. The summed E-state index contributed by atoms with van der Waals surface area (Å²) in [6.07, 6.45) is -0.183. The van der Waals surface area contributed by atoms with Crippen molar-refractivity contribution in [1.29, 1.82) is 0 Å². The minimum Gasteiger partial charge on any atom is -0.481 e. The van der Waals surface area contributed by atoms with Gasteiger partial charge in [-0.05, 0) is 70.5 Å². The van der Waals surface area contributed by atoms with Crippen LogP contribution in [0.4, 0.5) is 11.4 Å². The number of carbonyl (C=O) groups is 1. The third-order valence-corrected chi connectivity index (χ3v) is 9.97. The number of nitrogens with zero attached hydrogens (tertiary/aromatic N) is 2. The SMILES string of the molecule is CCN(CC)c1ccc2c(-c3ccc(S(=O)(=O)NCCCC(=O)O)cc3S(=O)(=O)O)c3ccc(N(CC)CC)cc3[o+]c2c1. The van der Waals surface area contributed by atoms with Crippen LogP contribution in [0.25, 0.3) is 33.1 Å². The molecular formula is C31H38N3O8S2+. The lowest BCUT2D eigenvalue weighted by Gasteiger charge is -2.21. The van der Waals surface area contributed by atoms with Gasteiger partial charge in [0.15, 0.2) is 0 Å². The summed E-state index contributed by atoms with van der Waals surface area (Å²) in [5.41, 5.74) is 3.39. The third-order valence-electron chi connectivity index (χ3n) is 7.62. The average Bonchev–Trinajstić information content (AvgIpc) is 2.98. The van der Waals surface area contributed by atoms with Crippen LogP contribution in [0.2, 0.25) is 0 Å². The van der Waals surface area contributed by atoms with Gasteiger partial charge in [-0.3, -0.25) is 9.35 Å². The Bertz CT molecular complexity index is 1830. The molecule has 236 valence electrons. The first-order valence-electron chi connectivity index (χ1n) is 14.5. The van der Waals surface area contributed by atoms with Crippen molar-refractivity contribution < 1.29 is 35.7 Å². The van der Waals surface area contributed by atoms with Gasteiger partial charge in [0.05, 0.1) is 27.8 Å². The molecule has 0 fully saturated rings. The maximum absolute atomic E-state index is 13.0. The Balaban J connectivity index is 1.99. The molecule has 0 aliphatic heterocycles. The highest BCUT2D eigenvalue weighted by Crippen LogP contribution is 2.42. The number of anilines is 2. The molecule has 1 heterocycles. The van der Waals surface area contributed by atoms with Gasteiger partial charge < -0.3 is 14.9 Å². The van der Waals surface area contributed by atoms with Crippen LogP contribution in [0.5, 0.6) is 0 Å². The second-order valence-electron chi connectivity index (χ2n) is 10.2. The molecule has 11 nitrogen and oxygen atoms in total. The van der Waals surface area contributed by atoms with Crippen LogP contribution >= 0.6 is 0 Å². The van der Waals surface area contributed by atoms with Gasteiger partial charge in [-0.2, -0.15) is 8.42 Å². The van der Waals surface area contributed by atoms with Crippen LogP contribution in [0, 0.1) is 0 Å². The highest BCUT2D eigenvalue weighted by atomic mass is 32.2. The molecular weight excluding hydrogens is 606 g/mol. The van der Waals surface area contributed by atoms with Crippen LogP contribution in [0.1, 0.15) is 40.5 Å². The number of aliphatic carboxylic acids is 1. The summed E-state index contributed by atoms with van der Waals surface area (Å²) < 4.78 is 70.6. The summed E-state index contributed by atoms with van der Waals surface area (Å²) in [4.78, 5) is 14.1. The standard InChI is InChI=1S/C31H37N3O8S2/c1-5-33(6-2)21-11-14-24-27(18-21)42-28-19-22(34(7-3)8-4)12-15-25(28)31(24)26-16-13-23(20-29(26)44(39,40)41)43(37,38)32-17-9-10-30(35)36/h11-16,18-20,32H,5-10,17H2,1-4H3,(H-,35,36,39,40,41)/p+1. The van der Waals surface area contributed by atoms with Crippen LogP contribution in [-0.4, -0.2) is 65.2 Å². The van der Waals surface area contributed by atoms with Gasteiger partial charge in [-0.15, -0.1) is 0 Å². The molecule has 0 radical (unpaired) electrons. The number of hydrogen-bond acceptors (Lipinski definition) is 7. The molecule has 0 amide bonds. The molecule has 0 spiro atoms. The third kappa shape index (κ3) is 6.96. The predicted molar refractivity (Wildman–Crippen MR) is 173 cm³/mol. The van der Waals surface area contributed by atoms with Gasteiger partial charge in [0, 0.05) is 61.6 Å². The molecule has 0 aliphatic rings. The number of rotatable bonds is 14. The van der Waals surface area contributed by atoms with E-state index in [1.54, 1.807) is 0 Å². The van der Waals surface area contributed by atoms with Gasteiger partial charge in [-0.25, -0.2) is 17.6 Å². The minimum atomic E-state index is -4.91. The first kappa shape index (κ1) is 33.1. The topological polar surface area (TPSA) is 156 Å². The smallest absolute Gasteiger partial charge is 0.363 e. The fourth-order valence-electron chi connectivity index (χ4n) is 5.35. The van der Waals surface area contributed by atoms with Gasteiger partial charge in [0.1, 0.15) is 4.90 Å². The number of carboxylic acid groups (broad SMARTS) is 1. The van der Waals surface area contributed by atoms with Crippen LogP contribution < -0.4 is 14.5 Å². The molecule has 0 saturated carbocycles. The van der Waals surface area contributed by atoms with Crippen LogP contribution in [0.15, 0.2) is 68.8 Å². The van der Waals surface area contributed by atoms with E-state index in [1.165, 1.54) is 12.1 Å². The summed E-state index contributed by atoms with van der Waals surface area (Å²) in [6, 6.07) is 14.8. The van der Waals surface area contributed by atoms with Crippen molar-refractivity contribution in [1.82, 2.24) is 4.72 Å². The highest BCUT2D eigenvalue weighted by molar-refractivity contribution is 7.89. The van der Waals surface area contributed by atoms with E-state index in [0.717, 1.165) is 43.6 Å². The monoisotopic (exact) mass is 644 g/mol. The number of benzene rings is 3. The fraction of sp³-hybridized carbons (Fsp3) is 0.355. The summed E-state index contributed by atoms with van der Waals surface area (Å²) >= 11 is 0. The van der Waals surface area contributed by atoms with E-state index in [4.69, 9.17) is 9.52 Å². The van der Waals surface area contributed by atoms with E-state index in [2.05, 4.69) is 14.5 Å². The normalized spacial score (nSPS) is 12.1. The molecule has 0 aliphatic carbocycles. The zero-order valence-corrected chi connectivity index (χ0v) is 26.8. The van der Waals surface area contributed by atoms with Crippen LogP contribution in [-0.2, 0) is 24.9 Å². The number of carboxylic acids is 1. The lowest BCUT2D eigenvalue weighted by atomic mass is 9.96. The maximum atomic E-state index is 13.0. The lowest BCUT2D eigenvalue weighted by Crippen LogP contribution is -2.25. The second-order valence-corrected chi connectivity index (χ2v) is 13.4. The minimum absolute atomic E-state index is 0.0499. The Morgan fingerprint density at radius 3 is 1.77 bits per heavy atom. The molecule has 3 aromatic carbocycles. The van der Waals surface area contributed by atoms with E-state index < -0.39 is 31.0 Å². The summed E-state index contributed by atoms with van der Waals surface area (Å²) in [5, 5.41) is 9.99. The second kappa shape index (κ2) is 13.5. The molecule has 3 N–H and O–H groups in total. The van der Waals surface area contributed by atoms with Gasteiger partial charge >= 0.3 is 17.1 Å². The molecule has 1 aromatic heterocycles. The predicted octanol–water partition coefficient (Wildman–Crippen LogP) is 5.62. The Labute approximate surface area is 257 Å². The largest absolute Gasteiger partial charge is 0.481 e. The van der Waals surface area contributed by atoms with E-state index in [1.807, 2.05) is 64.1 Å². The fourth-order valence-corrected chi connectivity index (χ4v) is 7.25. The molecule has 0 atom stereocenters. The Hall–Kier alpha value is -3.78. The first-order valence-corrected chi connectivity index (χ1v) is 17.4. The molecule has 0 unspecified atom stereocenters. The van der Waals surface area contributed by atoms with Crippen molar-refractivity contribution in [3.8, 4) is 11.1 Å². The number of nitrogens with one attached hydrogen (secondary N) is 1. The van der Waals surface area contributed by atoms with E-state index in [-0.39, 0.29) is 29.8 Å². The molecule has 4 rings (SSSR count). The van der Waals surface area contributed by atoms with Crippen molar-refractivity contribution in [2.45, 2.75) is 50.3 Å². The van der Waals surface area contributed by atoms with Gasteiger partial charge in [0.25, 0.3) is 10.1 Å². The van der Waals surface area contributed by atoms with Gasteiger partial charge in [0.2, 0.25) is 10.0 Å². The van der Waals surface area contributed by atoms with Crippen molar-refractivity contribution in [2.75, 3.05) is 42.5 Å². The summed E-state index contributed by atoms with van der Waals surface area (Å²) in [5.74, 6) is -1.07.